The third-order valence-corrected chi connectivity index (χ3v) is 8.27. The molecule has 0 aliphatic rings. The van der Waals surface area contributed by atoms with Crippen LogP contribution in [0.5, 0.6) is 0 Å². The van der Waals surface area contributed by atoms with Crippen molar-refractivity contribution in [2.75, 3.05) is 6.61 Å². The number of amides is 1. The number of rotatable bonds is 32. The van der Waals surface area contributed by atoms with E-state index in [1.807, 2.05) is 0 Å². The minimum absolute atomic E-state index is 0.160. The van der Waals surface area contributed by atoms with Crippen LogP contribution in [0.3, 0.4) is 0 Å². The zero-order chi connectivity index (χ0) is 30.9. The van der Waals surface area contributed by atoms with E-state index >= 15 is 0 Å². The summed E-state index contributed by atoms with van der Waals surface area (Å²) in [6.07, 6.45) is 37.1. The van der Waals surface area contributed by atoms with E-state index in [0.717, 1.165) is 51.4 Å². The Hall–Kier alpha value is -1.17. The van der Waals surface area contributed by atoms with Crippen LogP contribution >= 0.6 is 0 Å². The molecule has 42 heavy (non-hydrogen) atoms. The first-order valence-corrected chi connectivity index (χ1v) is 18.1. The van der Waals surface area contributed by atoms with Crippen molar-refractivity contribution in [1.29, 1.82) is 0 Å². The zero-order valence-electron chi connectivity index (χ0n) is 27.9. The summed E-state index contributed by atoms with van der Waals surface area (Å²) in [6.45, 7) is 4.07. The van der Waals surface area contributed by atoms with E-state index in [1.54, 1.807) is 0 Å². The van der Waals surface area contributed by atoms with E-state index in [2.05, 4.69) is 43.5 Å². The smallest absolute Gasteiger partial charge is 0.220 e. The van der Waals surface area contributed by atoms with E-state index < -0.39 is 18.2 Å². The second-order valence-corrected chi connectivity index (χ2v) is 12.4. The summed E-state index contributed by atoms with van der Waals surface area (Å²) in [5.41, 5.74) is 0. The average Bonchev–Trinajstić information content (AvgIpc) is 2.99. The van der Waals surface area contributed by atoms with Crippen LogP contribution in [0.15, 0.2) is 24.3 Å². The first-order valence-electron chi connectivity index (χ1n) is 18.1. The zero-order valence-corrected chi connectivity index (χ0v) is 27.9. The van der Waals surface area contributed by atoms with E-state index in [4.69, 9.17) is 0 Å². The van der Waals surface area contributed by atoms with Crippen molar-refractivity contribution in [2.24, 2.45) is 0 Å². The van der Waals surface area contributed by atoms with Gasteiger partial charge in [0.2, 0.25) is 5.91 Å². The van der Waals surface area contributed by atoms with E-state index in [9.17, 15) is 20.1 Å². The van der Waals surface area contributed by atoms with E-state index in [-0.39, 0.29) is 12.5 Å². The van der Waals surface area contributed by atoms with Crippen molar-refractivity contribution in [3.05, 3.63) is 24.3 Å². The van der Waals surface area contributed by atoms with Gasteiger partial charge in [0.15, 0.2) is 0 Å². The highest BCUT2D eigenvalue weighted by Gasteiger charge is 2.26. The Bertz CT molecular complexity index is 621. The molecule has 0 aliphatic carbocycles. The summed E-state index contributed by atoms with van der Waals surface area (Å²) in [7, 11) is 0. The Morgan fingerprint density at radius 1 is 0.571 bits per heavy atom. The van der Waals surface area contributed by atoms with Crippen LogP contribution in [-0.2, 0) is 4.79 Å². The lowest BCUT2D eigenvalue weighted by Gasteiger charge is -2.26. The molecule has 0 saturated carbocycles. The fourth-order valence-corrected chi connectivity index (χ4v) is 5.42. The van der Waals surface area contributed by atoms with Crippen LogP contribution in [0.1, 0.15) is 181 Å². The van der Waals surface area contributed by atoms with Crippen LogP contribution in [-0.4, -0.2) is 46.1 Å². The lowest BCUT2D eigenvalue weighted by molar-refractivity contribution is -0.124. The Kier molecular flexibility index (Phi) is 31.8. The summed E-state index contributed by atoms with van der Waals surface area (Å²) in [4.78, 5) is 12.3. The average molecular weight is 594 g/mol. The quantitative estimate of drug-likeness (QED) is 0.0462. The molecule has 0 saturated heterocycles. The maximum absolute atomic E-state index is 12.3. The molecule has 0 aliphatic heterocycles. The molecule has 248 valence electrons. The summed E-state index contributed by atoms with van der Waals surface area (Å²) in [5, 5.41) is 33.2. The van der Waals surface area contributed by atoms with Gasteiger partial charge in [0.1, 0.15) is 6.10 Å². The van der Waals surface area contributed by atoms with E-state index in [1.165, 1.54) is 103 Å². The van der Waals surface area contributed by atoms with Gasteiger partial charge < -0.3 is 20.6 Å². The second kappa shape index (κ2) is 32.7. The van der Waals surface area contributed by atoms with Gasteiger partial charge in [-0.3, -0.25) is 4.79 Å². The molecule has 0 aromatic carbocycles. The number of aliphatic hydroxyl groups is 3. The molecule has 0 bridgehead atoms. The van der Waals surface area contributed by atoms with Crippen LogP contribution in [0.2, 0.25) is 0 Å². The fourth-order valence-electron chi connectivity index (χ4n) is 5.42. The summed E-state index contributed by atoms with van der Waals surface area (Å²) in [6, 6.07) is -0.825. The number of allylic oxidation sites excluding steroid dienone is 4. The molecule has 1 amide bonds. The van der Waals surface area contributed by atoms with Gasteiger partial charge in [-0.1, -0.05) is 154 Å². The molecule has 0 rings (SSSR count). The number of carbonyl (C=O) groups excluding carboxylic acids is 1. The third kappa shape index (κ3) is 27.7. The topological polar surface area (TPSA) is 89.8 Å². The lowest BCUT2D eigenvalue weighted by atomic mass is 10.0. The minimum Gasteiger partial charge on any atom is -0.394 e. The van der Waals surface area contributed by atoms with Gasteiger partial charge in [0.25, 0.3) is 0 Å². The minimum atomic E-state index is -1.16. The number of nitrogens with one attached hydrogen (secondary N) is 1. The van der Waals surface area contributed by atoms with Crippen molar-refractivity contribution < 1.29 is 20.1 Å². The predicted octanol–water partition coefficient (Wildman–Crippen LogP) is 9.48. The molecule has 3 atom stereocenters. The Balaban J connectivity index is 3.68. The number of hydrogen-bond acceptors (Lipinski definition) is 4. The molecule has 0 heterocycles. The Morgan fingerprint density at radius 2 is 1.00 bits per heavy atom. The number of unbranched alkanes of at least 4 members (excludes halogenated alkanes) is 20. The van der Waals surface area contributed by atoms with Gasteiger partial charge in [-0.25, -0.2) is 0 Å². The monoisotopic (exact) mass is 594 g/mol. The lowest BCUT2D eigenvalue weighted by Crippen LogP contribution is -2.50. The van der Waals surface area contributed by atoms with E-state index in [0.29, 0.717) is 12.8 Å². The van der Waals surface area contributed by atoms with Crippen molar-refractivity contribution in [3.63, 3.8) is 0 Å². The fraction of sp³-hybridized carbons (Fsp3) is 0.865. The molecule has 0 aromatic heterocycles. The highest BCUT2D eigenvalue weighted by Crippen LogP contribution is 2.15. The van der Waals surface area contributed by atoms with Gasteiger partial charge in [0.05, 0.1) is 18.8 Å². The maximum Gasteiger partial charge on any atom is 0.220 e. The Morgan fingerprint density at radius 3 is 1.45 bits per heavy atom. The van der Waals surface area contributed by atoms with Crippen LogP contribution in [0, 0.1) is 0 Å². The predicted molar refractivity (Wildman–Crippen MR) is 181 cm³/mol. The molecule has 5 heteroatoms. The molecular formula is C37H71NO4. The van der Waals surface area contributed by atoms with Crippen LogP contribution < -0.4 is 5.32 Å². The molecule has 0 spiro atoms. The van der Waals surface area contributed by atoms with Crippen molar-refractivity contribution in [2.45, 2.75) is 199 Å². The molecule has 4 N–H and O–H groups in total. The van der Waals surface area contributed by atoms with Gasteiger partial charge in [-0.15, -0.1) is 0 Å². The van der Waals surface area contributed by atoms with Crippen molar-refractivity contribution in [1.82, 2.24) is 5.32 Å². The molecular weight excluding hydrogens is 522 g/mol. The number of carbonyl (C=O) groups is 1. The summed E-state index contributed by atoms with van der Waals surface area (Å²) >= 11 is 0. The third-order valence-electron chi connectivity index (χ3n) is 8.27. The first-order chi connectivity index (χ1) is 20.6. The van der Waals surface area contributed by atoms with Crippen LogP contribution in [0.4, 0.5) is 0 Å². The summed E-state index contributed by atoms with van der Waals surface area (Å²) < 4.78 is 0. The molecule has 0 radical (unpaired) electrons. The van der Waals surface area contributed by atoms with Crippen molar-refractivity contribution in [3.8, 4) is 0 Å². The summed E-state index contributed by atoms with van der Waals surface area (Å²) in [5.74, 6) is -0.160. The highest BCUT2D eigenvalue weighted by molar-refractivity contribution is 5.76. The molecule has 0 fully saturated rings. The maximum atomic E-state index is 12.3. The highest BCUT2D eigenvalue weighted by atomic mass is 16.3. The van der Waals surface area contributed by atoms with Gasteiger partial charge in [-0.05, 0) is 44.9 Å². The van der Waals surface area contributed by atoms with Gasteiger partial charge >= 0.3 is 0 Å². The van der Waals surface area contributed by atoms with Crippen LogP contribution in [0.25, 0.3) is 0 Å². The number of hydrogen-bond donors (Lipinski definition) is 4. The standard InChI is InChI=1S/C37H71NO4/c1-3-5-7-9-11-13-15-16-17-18-19-20-21-22-24-26-28-30-32-36(41)38-34(33-39)37(42)35(40)31-29-27-25-23-14-12-10-8-6-4-2/h8,10,23,25,34-35,37,39-40,42H,3-7,9,11-22,24,26-33H2,1-2H3,(H,38,41)/b10-8+,25-23+. The van der Waals surface area contributed by atoms with Gasteiger partial charge in [0, 0.05) is 6.42 Å². The SMILES string of the molecule is CCC/C=C/CC/C=C/CCCC(O)C(O)C(CO)NC(=O)CCCCCCCCCCCCCCCCCCCC. The Labute approximate surface area is 261 Å². The first kappa shape index (κ1) is 40.8. The largest absolute Gasteiger partial charge is 0.394 e. The van der Waals surface area contributed by atoms with Crippen molar-refractivity contribution >= 4 is 5.91 Å². The number of aliphatic hydroxyl groups excluding tert-OH is 3. The second-order valence-electron chi connectivity index (χ2n) is 12.4. The molecule has 3 unspecified atom stereocenters. The van der Waals surface area contributed by atoms with Gasteiger partial charge in [-0.2, -0.15) is 0 Å². The molecule has 0 aromatic rings. The normalized spacial score (nSPS) is 14.1. The molecule has 5 nitrogen and oxygen atoms in total.